The number of benzene rings is 1. The number of aromatic nitrogens is 1. The number of carbonyl (C=O) groups excluding carboxylic acids is 2. The van der Waals surface area contributed by atoms with Gasteiger partial charge in [-0.25, -0.2) is 0 Å². The molecule has 8 heteroatoms. The predicted octanol–water partition coefficient (Wildman–Crippen LogP) is 1.09. The molecule has 0 atom stereocenters. The quantitative estimate of drug-likeness (QED) is 0.599. The van der Waals surface area contributed by atoms with Crippen LogP contribution in [0.1, 0.15) is 11.3 Å². The van der Waals surface area contributed by atoms with Gasteiger partial charge in [-0.05, 0) is 36.2 Å². The van der Waals surface area contributed by atoms with Crippen molar-refractivity contribution in [3.8, 4) is 11.5 Å². The molecule has 8 nitrogen and oxygen atoms in total. The van der Waals surface area contributed by atoms with Crippen molar-refractivity contribution in [1.82, 2.24) is 15.6 Å². The molecule has 0 saturated heterocycles. The van der Waals surface area contributed by atoms with Crippen molar-refractivity contribution >= 4 is 11.8 Å². The second kappa shape index (κ2) is 11.6. The van der Waals surface area contributed by atoms with Gasteiger partial charge in [0.25, 0.3) is 0 Å². The first kappa shape index (κ1) is 21.2. The van der Waals surface area contributed by atoms with E-state index in [1.807, 2.05) is 30.3 Å². The number of pyridine rings is 1. The lowest BCUT2D eigenvalue weighted by atomic mass is 10.1. The number of amides is 2. The van der Waals surface area contributed by atoms with E-state index < -0.39 is 0 Å². The maximum absolute atomic E-state index is 11.8. The fourth-order valence-electron chi connectivity index (χ4n) is 2.41. The average molecular weight is 387 g/mol. The number of ether oxygens (including phenoxy) is 3. The number of methoxy groups -OCH3 is 2. The molecule has 0 saturated carbocycles. The Morgan fingerprint density at radius 3 is 2.39 bits per heavy atom. The fourth-order valence-corrected chi connectivity index (χ4v) is 2.41. The molecular weight excluding hydrogens is 362 g/mol. The van der Waals surface area contributed by atoms with E-state index >= 15 is 0 Å². The molecule has 1 aromatic carbocycles. The highest BCUT2D eigenvalue weighted by Crippen LogP contribution is 2.27. The number of nitrogens with one attached hydrogen (secondary N) is 2. The highest BCUT2D eigenvalue weighted by molar-refractivity contribution is 5.79. The van der Waals surface area contributed by atoms with Crippen LogP contribution in [0.4, 0.5) is 0 Å². The van der Waals surface area contributed by atoms with Crippen molar-refractivity contribution in [1.29, 1.82) is 0 Å². The lowest BCUT2D eigenvalue weighted by Gasteiger charge is -2.10. The zero-order valence-corrected chi connectivity index (χ0v) is 16.1. The maximum Gasteiger partial charge on any atom is 0.246 e. The topological polar surface area (TPSA) is 98.8 Å². The van der Waals surface area contributed by atoms with Gasteiger partial charge in [0.1, 0.15) is 13.2 Å². The highest BCUT2D eigenvalue weighted by Gasteiger charge is 2.07. The summed E-state index contributed by atoms with van der Waals surface area (Å²) in [6.07, 6.45) is 2.29. The zero-order chi connectivity index (χ0) is 20.2. The molecule has 1 heterocycles. The number of nitrogens with zero attached hydrogens (tertiary/aromatic N) is 1. The third kappa shape index (κ3) is 7.24. The predicted molar refractivity (Wildman–Crippen MR) is 103 cm³/mol. The minimum atomic E-state index is -0.302. The van der Waals surface area contributed by atoms with Crippen molar-refractivity contribution < 1.29 is 23.8 Å². The number of hydrogen-bond donors (Lipinski definition) is 2. The Bertz CT molecular complexity index is 768. The standard InChI is InChI=1S/C20H25N3O5/c1-26-17-7-6-15(11-18(17)27-2)8-10-22-19(24)13-28-14-20(25)23-12-16-5-3-4-9-21-16/h3-7,9,11H,8,10,12-14H2,1-2H3,(H,22,24)(H,23,25). The number of hydrogen-bond acceptors (Lipinski definition) is 6. The Labute approximate surface area is 164 Å². The van der Waals surface area contributed by atoms with Crippen LogP contribution < -0.4 is 20.1 Å². The van der Waals surface area contributed by atoms with Gasteiger partial charge < -0.3 is 24.8 Å². The van der Waals surface area contributed by atoms with E-state index in [4.69, 9.17) is 14.2 Å². The summed E-state index contributed by atoms with van der Waals surface area (Å²) in [6, 6.07) is 11.1. The average Bonchev–Trinajstić information content (AvgIpc) is 2.73. The van der Waals surface area contributed by atoms with E-state index in [0.717, 1.165) is 11.3 Å². The Hall–Kier alpha value is -3.13. The molecule has 0 bridgehead atoms. The van der Waals surface area contributed by atoms with Crippen molar-refractivity contribution in [2.24, 2.45) is 0 Å². The van der Waals surface area contributed by atoms with Gasteiger partial charge in [-0.2, -0.15) is 0 Å². The van der Waals surface area contributed by atoms with Crippen LogP contribution in [0.3, 0.4) is 0 Å². The fraction of sp³-hybridized carbons (Fsp3) is 0.350. The Morgan fingerprint density at radius 1 is 0.964 bits per heavy atom. The summed E-state index contributed by atoms with van der Waals surface area (Å²) >= 11 is 0. The summed E-state index contributed by atoms with van der Waals surface area (Å²) in [7, 11) is 3.16. The molecule has 0 aliphatic heterocycles. The third-order valence-electron chi connectivity index (χ3n) is 3.84. The first-order valence-corrected chi connectivity index (χ1v) is 8.84. The summed E-state index contributed by atoms with van der Waals surface area (Å²) in [4.78, 5) is 27.6. The van der Waals surface area contributed by atoms with Gasteiger partial charge in [-0.1, -0.05) is 12.1 Å². The third-order valence-corrected chi connectivity index (χ3v) is 3.84. The van der Waals surface area contributed by atoms with Crippen molar-refractivity contribution in [2.45, 2.75) is 13.0 Å². The molecule has 2 aromatic rings. The first-order chi connectivity index (χ1) is 13.6. The zero-order valence-electron chi connectivity index (χ0n) is 16.1. The van der Waals surface area contributed by atoms with Crippen LogP contribution in [0, 0.1) is 0 Å². The van der Waals surface area contributed by atoms with Gasteiger partial charge in [-0.15, -0.1) is 0 Å². The SMILES string of the molecule is COc1ccc(CCNC(=O)COCC(=O)NCc2ccccn2)cc1OC. The normalized spacial score (nSPS) is 10.2. The molecule has 1 aromatic heterocycles. The van der Waals surface area contributed by atoms with Gasteiger partial charge in [0.15, 0.2) is 11.5 Å². The second-order valence-corrected chi connectivity index (χ2v) is 5.88. The van der Waals surface area contributed by atoms with Gasteiger partial charge in [0.05, 0.1) is 26.5 Å². The minimum absolute atomic E-state index is 0.178. The summed E-state index contributed by atoms with van der Waals surface area (Å²) in [5.74, 6) is 0.721. The van der Waals surface area contributed by atoms with E-state index in [1.165, 1.54) is 0 Å². The molecule has 0 spiro atoms. The minimum Gasteiger partial charge on any atom is -0.493 e. The Morgan fingerprint density at radius 2 is 1.71 bits per heavy atom. The highest BCUT2D eigenvalue weighted by atomic mass is 16.5. The van der Waals surface area contributed by atoms with E-state index in [2.05, 4.69) is 15.6 Å². The van der Waals surface area contributed by atoms with Crippen molar-refractivity contribution in [2.75, 3.05) is 34.0 Å². The smallest absolute Gasteiger partial charge is 0.246 e. The van der Waals surface area contributed by atoms with Crippen LogP contribution in [-0.2, 0) is 27.3 Å². The molecule has 0 unspecified atom stereocenters. The Kier molecular flexibility index (Phi) is 8.74. The van der Waals surface area contributed by atoms with Crippen molar-refractivity contribution in [3.05, 3.63) is 53.9 Å². The van der Waals surface area contributed by atoms with Crippen LogP contribution in [-0.4, -0.2) is 50.8 Å². The van der Waals surface area contributed by atoms with E-state index in [9.17, 15) is 9.59 Å². The summed E-state index contributed by atoms with van der Waals surface area (Å²) in [5, 5.41) is 5.43. The molecule has 0 aliphatic carbocycles. The van der Waals surface area contributed by atoms with Crippen LogP contribution in [0.2, 0.25) is 0 Å². The maximum atomic E-state index is 11.8. The molecule has 2 rings (SSSR count). The largest absolute Gasteiger partial charge is 0.493 e. The molecule has 150 valence electrons. The van der Waals surface area contributed by atoms with Gasteiger partial charge in [0.2, 0.25) is 11.8 Å². The van der Waals surface area contributed by atoms with Crippen LogP contribution >= 0.6 is 0 Å². The molecule has 2 N–H and O–H groups in total. The second-order valence-electron chi connectivity index (χ2n) is 5.88. The Balaban J connectivity index is 1.60. The molecule has 28 heavy (non-hydrogen) atoms. The summed E-state index contributed by atoms with van der Waals surface area (Å²) in [5.41, 5.74) is 1.76. The molecular formula is C20H25N3O5. The number of carbonyl (C=O) groups is 2. The van der Waals surface area contributed by atoms with E-state index in [-0.39, 0.29) is 25.0 Å². The van der Waals surface area contributed by atoms with Crippen LogP contribution in [0.15, 0.2) is 42.6 Å². The number of rotatable bonds is 11. The first-order valence-electron chi connectivity index (χ1n) is 8.84. The van der Waals surface area contributed by atoms with Crippen molar-refractivity contribution in [3.63, 3.8) is 0 Å². The molecule has 0 aliphatic rings. The van der Waals surface area contributed by atoms with Gasteiger partial charge in [-0.3, -0.25) is 14.6 Å². The van der Waals surface area contributed by atoms with E-state index in [0.29, 0.717) is 31.0 Å². The van der Waals surface area contributed by atoms with Gasteiger partial charge >= 0.3 is 0 Å². The summed E-state index contributed by atoms with van der Waals surface area (Å²) in [6.45, 7) is 0.406. The lowest BCUT2D eigenvalue weighted by molar-refractivity contribution is -0.131. The van der Waals surface area contributed by atoms with Gasteiger partial charge in [0, 0.05) is 12.7 Å². The monoisotopic (exact) mass is 387 g/mol. The lowest BCUT2D eigenvalue weighted by Crippen LogP contribution is -2.32. The summed E-state index contributed by atoms with van der Waals surface area (Å²) < 4.78 is 15.6. The van der Waals surface area contributed by atoms with Crippen LogP contribution in [0.5, 0.6) is 11.5 Å². The van der Waals surface area contributed by atoms with Crippen LogP contribution in [0.25, 0.3) is 0 Å². The molecule has 2 amide bonds. The molecule has 0 radical (unpaired) electrons. The molecule has 0 fully saturated rings. The van der Waals surface area contributed by atoms with E-state index in [1.54, 1.807) is 26.5 Å².